The van der Waals surface area contributed by atoms with Crippen molar-refractivity contribution in [3.63, 3.8) is 0 Å². The summed E-state index contributed by atoms with van der Waals surface area (Å²) in [5.41, 5.74) is 2.89. The van der Waals surface area contributed by atoms with Crippen LogP contribution < -0.4 is 15.4 Å². The molecule has 1 amide bonds. The van der Waals surface area contributed by atoms with Gasteiger partial charge in [0.05, 0.1) is 4.90 Å². The predicted octanol–water partition coefficient (Wildman–Crippen LogP) is 4.23. The Balaban J connectivity index is 1.47. The second-order valence-corrected chi connectivity index (χ2v) is 9.76. The molecule has 11 heteroatoms. The maximum Gasteiger partial charge on any atom is 0.264 e. The Morgan fingerprint density at radius 2 is 1.69 bits per heavy atom. The number of sulfonamides is 1. The molecule has 0 bridgehead atoms. The molecular formula is C25H21FN6O3S. The van der Waals surface area contributed by atoms with E-state index in [0.717, 1.165) is 16.8 Å². The maximum absolute atomic E-state index is 13.6. The second kappa shape index (κ2) is 9.27. The van der Waals surface area contributed by atoms with Gasteiger partial charge in [-0.15, -0.1) is 5.10 Å². The van der Waals surface area contributed by atoms with Crippen LogP contribution in [0.3, 0.4) is 0 Å². The van der Waals surface area contributed by atoms with Gasteiger partial charge in [-0.2, -0.15) is 4.98 Å². The monoisotopic (exact) mass is 504 g/mol. The molecule has 0 spiro atoms. The van der Waals surface area contributed by atoms with Crippen molar-refractivity contribution in [1.82, 2.24) is 14.8 Å². The molecule has 1 aliphatic rings. The van der Waals surface area contributed by atoms with E-state index in [-0.39, 0.29) is 22.6 Å². The molecule has 0 fully saturated rings. The van der Waals surface area contributed by atoms with Gasteiger partial charge in [0, 0.05) is 18.3 Å². The summed E-state index contributed by atoms with van der Waals surface area (Å²) in [6.07, 6.45) is 1.92. The highest BCUT2D eigenvalue weighted by Crippen LogP contribution is 2.33. The summed E-state index contributed by atoms with van der Waals surface area (Å²) in [5, 5.41) is 10.2. The molecule has 1 atom stereocenters. The molecule has 9 nitrogen and oxygen atoms in total. The van der Waals surface area contributed by atoms with Gasteiger partial charge < -0.3 is 10.6 Å². The van der Waals surface area contributed by atoms with Crippen molar-refractivity contribution in [3.8, 4) is 0 Å². The van der Waals surface area contributed by atoms with Gasteiger partial charge in [-0.3, -0.25) is 4.79 Å². The van der Waals surface area contributed by atoms with Gasteiger partial charge in [0.1, 0.15) is 11.9 Å². The van der Waals surface area contributed by atoms with E-state index < -0.39 is 16.1 Å². The van der Waals surface area contributed by atoms with Crippen LogP contribution >= 0.6 is 0 Å². The minimum atomic E-state index is -4.01. The van der Waals surface area contributed by atoms with Crippen molar-refractivity contribution in [1.29, 1.82) is 0 Å². The van der Waals surface area contributed by atoms with Gasteiger partial charge in [-0.05, 0) is 53.6 Å². The molecule has 5 rings (SSSR count). The number of halogens is 1. The number of carbonyl (C=O) groups is 1. The highest BCUT2D eigenvalue weighted by molar-refractivity contribution is 7.92. The van der Waals surface area contributed by atoms with Crippen LogP contribution in [0.4, 0.5) is 22.0 Å². The fourth-order valence-electron chi connectivity index (χ4n) is 3.82. The first kappa shape index (κ1) is 23.2. The Hall–Kier alpha value is -4.51. The molecule has 3 N–H and O–H groups in total. The van der Waals surface area contributed by atoms with Gasteiger partial charge in [0.15, 0.2) is 0 Å². The number of rotatable bonds is 6. The second-order valence-electron chi connectivity index (χ2n) is 8.08. The van der Waals surface area contributed by atoms with Gasteiger partial charge in [-0.1, -0.05) is 42.5 Å². The van der Waals surface area contributed by atoms with E-state index >= 15 is 0 Å². The third kappa shape index (κ3) is 4.82. The first-order valence-electron chi connectivity index (χ1n) is 11.0. The number of nitrogens with zero attached hydrogens (tertiary/aromatic N) is 3. The summed E-state index contributed by atoms with van der Waals surface area (Å²) >= 11 is 0. The highest BCUT2D eigenvalue weighted by Gasteiger charge is 2.27. The molecule has 2 heterocycles. The van der Waals surface area contributed by atoms with E-state index in [2.05, 4.69) is 25.4 Å². The third-order valence-corrected chi connectivity index (χ3v) is 6.82. The van der Waals surface area contributed by atoms with E-state index in [0.29, 0.717) is 11.6 Å². The van der Waals surface area contributed by atoms with Crippen LogP contribution in [0.15, 0.2) is 89.8 Å². The van der Waals surface area contributed by atoms with Crippen molar-refractivity contribution in [2.75, 3.05) is 15.4 Å². The average Bonchev–Trinajstić information content (AvgIpc) is 3.26. The largest absolute Gasteiger partial charge is 0.326 e. The lowest BCUT2D eigenvalue weighted by molar-refractivity contribution is -0.114. The first-order chi connectivity index (χ1) is 17.3. The van der Waals surface area contributed by atoms with E-state index in [4.69, 9.17) is 0 Å². The Bertz CT molecular complexity index is 1550. The van der Waals surface area contributed by atoms with Gasteiger partial charge in [0.2, 0.25) is 11.9 Å². The van der Waals surface area contributed by atoms with Crippen molar-refractivity contribution in [2.45, 2.75) is 17.9 Å². The van der Waals surface area contributed by atoms with Gasteiger partial charge in [0.25, 0.3) is 16.0 Å². The lowest BCUT2D eigenvalue weighted by Crippen LogP contribution is -2.20. The SMILES string of the molecule is CC(=O)Nc1ccc(S(=O)(=O)Nc2nc3n(n2)[C@H](c2ccc(F)cc2)C=C(c2ccccc2)N3)cc1. The Kier molecular flexibility index (Phi) is 5.98. The summed E-state index contributed by atoms with van der Waals surface area (Å²) in [6, 6.07) is 20.9. The van der Waals surface area contributed by atoms with E-state index in [9.17, 15) is 17.6 Å². The number of hydrogen-bond donors (Lipinski definition) is 3. The molecule has 0 unspecified atom stereocenters. The summed E-state index contributed by atoms with van der Waals surface area (Å²) in [7, 11) is -4.01. The van der Waals surface area contributed by atoms with Crippen LogP contribution in [0, 0.1) is 5.82 Å². The third-order valence-electron chi connectivity index (χ3n) is 5.47. The highest BCUT2D eigenvalue weighted by atomic mass is 32.2. The number of carbonyl (C=O) groups excluding carboxylic acids is 1. The Labute approximate surface area is 206 Å². The number of nitrogens with one attached hydrogen (secondary N) is 3. The lowest BCUT2D eigenvalue weighted by Gasteiger charge is -2.24. The molecule has 0 aliphatic carbocycles. The molecule has 36 heavy (non-hydrogen) atoms. The average molecular weight is 505 g/mol. The minimum absolute atomic E-state index is 0.0180. The summed E-state index contributed by atoms with van der Waals surface area (Å²) < 4.78 is 43.4. The zero-order valence-electron chi connectivity index (χ0n) is 19.0. The molecule has 1 aromatic heterocycles. The molecule has 1 aliphatic heterocycles. The van der Waals surface area contributed by atoms with Crippen molar-refractivity contribution >= 4 is 39.2 Å². The number of amides is 1. The maximum atomic E-state index is 13.6. The summed E-state index contributed by atoms with van der Waals surface area (Å²) in [5.74, 6) is -0.428. The zero-order valence-corrected chi connectivity index (χ0v) is 19.8. The summed E-state index contributed by atoms with van der Waals surface area (Å²) in [4.78, 5) is 15.6. The topological polar surface area (TPSA) is 118 Å². The lowest BCUT2D eigenvalue weighted by atomic mass is 10.0. The number of allylic oxidation sites excluding steroid dienone is 1. The number of fused-ring (bicyclic) bond motifs is 1. The van der Waals surface area contributed by atoms with E-state index in [1.54, 1.807) is 12.1 Å². The van der Waals surface area contributed by atoms with Crippen LogP contribution in [0.2, 0.25) is 0 Å². The Morgan fingerprint density at radius 3 is 2.36 bits per heavy atom. The van der Waals surface area contributed by atoms with Crippen LogP contribution in [0.5, 0.6) is 0 Å². The van der Waals surface area contributed by atoms with Crippen LogP contribution in [-0.2, 0) is 14.8 Å². The molecule has 3 aromatic carbocycles. The predicted molar refractivity (Wildman–Crippen MR) is 134 cm³/mol. The molecule has 0 radical (unpaired) electrons. The van der Waals surface area contributed by atoms with Crippen molar-refractivity contribution < 1.29 is 17.6 Å². The Morgan fingerprint density at radius 1 is 1.00 bits per heavy atom. The molecule has 182 valence electrons. The van der Waals surface area contributed by atoms with Crippen molar-refractivity contribution in [3.05, 3.63) is 102 Å². The van der Waals surface area contributed by atoms with Gasteiger partial charge in [-0.25, -0.2) is 22.2 Å². The number of hydrogen-bond acceptors (Lipinski definition) is 6. The van der Waals surface area contributed by atoms with Crippen molar-refractivity contribution in [2.24, 2.45) is 0 Å². The smallest absolute Gasteiger partial charge is 0.264 e. The standard InChI is InChI=1S/C25H21FN6O3S/c1-16(33)27-20-11-13-21(14-12-20)36(34,35)31-24-29-25-28-22(17-5-3-2-4-6-17)15-23(32(25)30-24)18-7-9-19(26)10-8-18/h2-15,23H,1H3,(H,27,33)(H2,28,29,30,31)/t23-/m0/s1. The number of aromatic nitrogens is 3. The fourth-order valence-corrected chi connectivity index (χ4v) is 4.76. The van der Waals surface area contributed by atoms with E-state index in [1.807, 2.05) is 36.4 Å². The molecule has 0 saturated heterocycles. The minimum Gasteiger partial charge on any atom is -0.326 e. The molecule has 4 aromatic rings. The number of benzene rings is 3. The quantitative estimate of drug-likeness (QED) is 0.362. The molecular weight excluding hydrogens is 483 g/mol. The van der Waals surface area contributed by atoms with Gasteiger partial charge >= 0.3 is 0 Å². The normalized spacial score (nSPS) is 14.8. The first-order valence-corrected chi connectivity index (χ1v) is 12.4. The van der Waals surface area contributed by atoms with Crippen LogP contribution in [0.1, 0.15) is 24.1 Å². The zero-order chi connectivity index (χ0) is 25.3. The summed E-state index contributed by atoms with van der Waals surface area (Å²) in [6.45, 7) is 1.36. The fraction of sp³-hybridized carbons (Fsp3) is 0.0800. The number of anilines is 3. The van der Waals surface area contributed by atoms with Crippen LogP contribution in [0.25, 0.3) is 5.70 Å². The van der Waals surface area contributed by atoms with Crippen LogP contribution in [-0.4, -0.2) is 29.1 Å². The molecule has 0 saturated carbocycles. The van der Waals surface area contributed by atoms with E-state index in [1.165, 1.54) is 48.0 Å².